The zero-order chi connectivity index (χ0) is 21.9. The fraction of sp³-hybridized carbons (Fsp3) is 0.655. The first-order valence-electron chi connectivity index (χ1n) is 12.7. The van der Waals surface area contributed by atoms with Gasteiger partial charge in [-0.25, -0.2) is 4.39 Å². The summed E-state index contributed by atoms with van der Waals surface area (Å²) in [6, 6.07) is 6.02. The zero-order valence-corrected chi connectivity index (χ0v) is 20.2. The molecule has 0 saturated heterocycles. The Morgan fingerprint density at radius 2 is 1.53 bits per heavy atom. The third-order valence-electron chi connectivity index (χ3n) is 7.12. The van der Waals surface area contributed by atoms with Gasteiger partial charge in [-0.1, -0.05) is 90.7 Å². The van der Waals surface area contributed by atoms with Crippen LogP contribution in [0.2, 0.25) is 0 Å². The normalized spacial score (nSPS) is 27.6. The van der Waals surface area contributed by atoms with Crippen LogP contribution in [0, 0.1) is 23.6 Å². The molecule has 2 saturated carbocycles. The molecule has 0 spiro atoms. The van der Waals surface area contributed by atoms with Crippen molar-refractivity contribution in [2.75, 3.05) is 0 Å². The summed E-state index contributed by atoms with van der Waals surface area (Å²) in [5, 5.41) is 0. The molecule has 168 valence electrons. The molecule has 0 radical (unpaired) electrons. The van der Waals surface area contributed by atoms with Crippen molar-refractivity contribution in [3.8, 4) is 0 Å². The molecule has 0 nitrogen and oxygen atoms in total. The Hall–Kier alpha value is -1.37. The van der Waals surface area contributed by atoms with Gasteiger partial charge in [-0.15, -0.1) is 0 Å². The van der Waals surface area contributed by atoms with Crippen molar-refractivity contribution < 1.29 is 4.39 Å². The standard InChI is InChI=1S/C27H39F.C2H6/c1-4-6-24(8-5-7-22-13-9-20(2)10-14-22)26-18-17-25(19-27(26)28)23-15-11-21(3)12-16-23;1-2/h5-6,8,17-23H,4,7,9-16H2,1-3H3;1-2H3/b8-5-,24-6+;. The molecule has 1 aromatic rings. The van der Waals surface area contributed by atoms with Crippen molar-refractivity contribution in [3.05, 3.63) is 53.4 Å². The van der Waals surface area contributed by atoms with Gasteiger partial charge in [0.2, 0.25) is 0 Å². The summed E-state index contributed by atoms with van der Waals surface area (Å²) in [6.07, 6.45) is 19.1. The van der Waals surface area contributed by atoms with E-state index in [0.29, 0.717) is 5.92 Å². The first-order chi connectivity index (χ1) is 14.6. The topological polar surface area (TPSA) is 0 Å². The molecule has 2 aliphatic carbocycles. The van der Waals surface area contributed by atoms with E-state index in [1.165, 1.54) is 56.9 Å². The average molecular weight is 413 g/mol. The largest absolute Gasteiger partial charge is 0.206 e. The molecule has 0 aromatic heterocycles. The van der Waals surface area contributed by atoms with Gasteiger partial charge >= 0.3 is 0 Å². The summed E-state index contributed by atoms with van der Waals surface area (Å²) in [7, 11) is 0. The summed E-state index contributed by atoms with van der Waals surface area (Å²) < 4.78 is 15.0. The Labute approximate surface area is 186 Å². The van der Waals surface area contributed by atoms with Crippen LogP contribution in [0.3, 0.4) is 0 Å². The first kappa shape index (κ1) is 24.9. The van der Waals surface area contributed by atoms with Crippen LogP contribution in [0.5, 0.6) is 0 Å². The Morgan fingerprint density at radius 1 is 0.933 bits per heavy atom. The summed E-state index contributed by atoms with van der Waals surface area (Å²) in [6.45, 7) is 10.8. The third kappa shape index (κ3) is 7.40. The Kier molecular flexibility index (Phi) is 10.9. The maximum Gasteiger partial charge on any atom is 0.131 e. The molecule has 1 heteroatoms. The molecule has 2 aliphatic rings. The summed E-state index contributed by atoms with van der Waals surface area (Å²) >= 11 is 0. The molecule has 0 aliphatic heterocycles. The molecular formula is C29H45F. The van der Waals surface area contributed by atoms with Crippen LogP contribution in [0.1, 0.15) is 116 Å². The monoisotopic (exact) mass is 412 g/mol. The molecule has 1 aromatic carbocycles. The van der Waals surface area contributed by atoms with Gasteiger partial charge in [0.1, 0.15) is 5.82 Å². The fourth-order valence-corrected chi connectivity index (χ4v) is 5.05. The molecule has 30 heavy (non-hydrogen) atoms. The second kappa shape index (κ2) is 13.1. The summed E-state index contributed by atoms with van der Waals surface area (Å²) in [5.74, 6) is 3.04. The number of benzene rings is 1. The average Bonchev–Trinajstić information content (AvgIpc) is 2.76. The second-order valence-electron chi connectivity index (χ2n) is 9.53. The maximum atomic E-state index is 15.0. The van der Waals surface area contributed by atoms with Crippen LogP contribution in [0.4, 0.5) is 4.39 Å². The number of hydrogen-bond acceptors (Lipinski definition) is 0. The van der Waals surface area contributed by atoms with Crippen LogP contribution >= 0.6 is 0 Å². The molecule has 0 bridgehead atoms. The molecule has 0 N–H and O–H groups in total. The smallest absolute Gasteiger partial charge is 0.131 e. The van der Waals surface area contributed by atoms with Crippen molar-refractivity contribution in [1.82, 2.24) is 0 Å². The SMILES string of the molecule is CC.CC/C=C(\C=C/CC1CCC(C)CC1)c1ccc(C2CCC(C)CC2)cc1F. The van der Waals surface area contributed by atoms with E-state index in [4.69, 9.17) is 0 Å². The van der Waals surface area contributed by atoms with Crippen LogP contribution in [0.15, 0.2) is 36.4 Å². The van der Waals surface area contributed by atoms with Crippen LogP contribution < -0.4 is 0 Å². The molecule has 0 atom stereocenters. The van der Waals surface area contributed by atoms with Crippen molar-refractivity contribution in [2.24, 2.45) is 17.8 Å². The van der Waals surface area contributed by atoms with Gasteiger partial charge in [-0.05, 0) is 79.4 Å². The molecule has 3 rings (SSSR count). The van der Waals surface area contributed by atoms with E-state index in [9.17, 15) is 0 Å². The second-order valence-corrected chi connectivity index (χ2v) is 9.53. The van der Waals surface area contributed by atoms with Crippen LogP contribution in [-0.2, 0) is 0 Å². The lowest BCUT2D eigenvalue weighted by molar-refractivity contribution is 0.292. The Bertz CT molecular complexity index is 668. The molecular weight excluding hydrogens is 367 g/mol. The van der Waals surface area contributed by atoms with E-state index < -0.39 is 0 Å². The Morgan fingerprint density at radius 3 is 2.10 bits per heavy atom. The van der Waals surface area contributed by atoms with Gasteiger partial charge in [0.05, 0.1) is 0 Å². The predicted molar refractivity (Wildman–Crippen MR) is 131 cm³/mol. The number of hydrogen-bond donors (Lipinski definition) is 0. The van der Waals surface area contributed by atoms with Gasteiger partial charge in [-0.3, -0.25) is 0 Å². The molecule has 2 fully saturated rings. The highest BCUT2D eigenvalue weighted by Gasteiger charge is 2.21. The third-order valence-corrected chi connectivity index (χ3v) is 7.12. The van der Waals surface area contributed by atoms with Gasteiger partial charge in [0, 0.05) is 5.56 Å². The lowest BCUT2D eigenvalue weighted by Crippen LogP contribution is -2.11. The first-order valence-corrected chi connectivity index (χ1v) is 12.7. The lowest BCUT2D eigenvalue weighted by atomic mass is 9.79. The maximum absolute atomic E-state index is 15.0. The van der Waals surface area contributed by atoms with Gasteiger partial charge < -0.3 is 0 Å². The summed E-state index contributed by atoms with van der Waals surface area (Å²) in [5.41, 5.74) is 3.01. The van der Waals surface area contributed by atoms with Crippen LogP contribution in [0.25, 0.3) is 5.57 Å². The minimum Gasteiger partial charge on any atom is -0.206 e. The van der Waals surface area contributed by atoms with Crippen molar-refractivity contribution >= 4 is 5.57 Å². The van der Waals surface area contributed by atoms with E-state index in [1.54, 1.807) is 0 Å². The van der Waals surface area contributed by atoms with E-state index in [2.05, 4.69) is 45.1 Å². The quantitative estimate of drug-likeness (QED) is 0.408. The van der Waals surface area contributed by atoms with E-state index in [1.807, 2.05) is 26.0 Å². The number of allylic oxidation sites excluding steroid dienone is 4. The van der Waals surface area contributed by atoms with Gasteiger partial charge in [0.25, 0.3) is 0 Å². The molecule has 0 amide bonds. The Balaban J connectivity index is 0.00000155. The molecule has 0 heterocycles. The van der Waals surface area contributed by atoms with E-state index >= 15 is 4.39 Å². The van der Waals surface area contributed by atoms with Gasteiger partial charge in [-0.2, -0.15) is 0 Å². The van der Waals surface area contributed by atoms with Crippen molar-refractivity contribution in [2.45, 2.75) is 105 Å². The highest BCUT2D eigenvalue weighted by Crippen LogP contribution is 2.37. The highest BCUT2D eigenvalue weighted by atomic mass is 19.1. The van der Waals surface area contributed by atoms with Crippen LogP contribution in [-0.4, -0.2) is 0 Å². The minimum absolute atomic E-state index is 0.0491. The number of rotatable bonds is 6. The van der Waals surface area contributed by atoms with E-state index in [-0.39, 0.29) is 5.82 Å². The van der Waals surface area contributed by atoms with Crippen molar-refractivity contribution in [3.63, 3.8) is 0 Å². The van der Waals surface area contributed by atoms with Crippen molar-refractivity contribution in [1.29, 1.82) is 0 Å². The lowest BCUT2D eigenvalue weighted by Gasteiger charge is -2.26. The minimum atomic E-state index is -0.0491. The number of halogens is 1. The van der Waals surface area contributed by atoms with E-state index in [0.717, 1.165) is 41.7 Å². The zero-order valence-electron chi connectivity index (χ0n) is 20.2. The van der Waals surface area contributed by atoms with Gasteiger partial charge in [0.15, 0.2) is 0 Å². The fourth-order valence-electron chi connectivity index (χ4n) is 5.05. The predicted octanol–water partition coefficient (Wildman–Crippen LogP) is 9.71. The molecule has 0 unspecified atom stereocenters. The highest BCUT2D eigenvalue weighted by molar-refractivity contribution is 5.74. The summed E-state index contributed by atoms with van der Waals surface area (Å²) in [4.78, 5) is 0.